The zero-order valence-corrected chi connectivity index (χ0v) is 10.4. The van der Waals surface area contributed by atoms with Crippen molar-refractivity contribution in [2.24, 2.45) is 5.92 Å². The highest BCUT2D eigenvalue weighted by Gasteiger charge is 2.23. The van der Waals surface area contributed by atoms with E-state index in [1.807, 2.05) is 6.08 Å². The molecule has 0 fully saturated rings. The first-order valence-corrected chi connectivity index (χ1v) is 6.85. The number of carbonyl (C=O) groups is 2. The zero-order chi connectivity index (χ0) is 11.8. The van der Waals surface area contributed by atoms with Crippen LogP contribution in [-0.4, -0.2) is 23.9 Å². The third-order valence-corrected chi connectivity index (χ3v) is 3.21. The summed E-state index contributed by atoms with van der Waals surface area (Å²) in [6, 6.07) is 0. The third-order valence-electron chi connectivity index (χ3n) is 2.78. The molecule has 0 aliphatic heterocycles. The molecule has 0 spiro atoms. The fourth-order valence-corrected chi connectivity index (χ4v) is 2.10. The molecule has 4 heteroatoms. The molecule has 90 valence electrons. The molecule has 0 saturated heterocycles. The molecular formula is C12H18O3S. The topological polar surface area (TPSA) is 43.4 Å². The lowest BCUT2D eigenvalue weighted by Crippen LogP contribution is -2.25. The van der Waals surface area contributed by atoms with Gasteiger partial charge in [-0.3, -0.25) is 0 Å². The van der Waals surface area contributed by atoms with E-state index in [2.05, 4.69) is 6.08 Å². The van der Waals surface area contributed by atoms with E-state index in [1.165, 1.54) is 0 Å². The zero-order valence-electron chi connectivity index (χ0n) is 9.56. The summed E-state index contributed by atoms with van der Waals surface area (Å²) in [6.45, 7) is 0. The Morgan fingerprint density at radius 3 is 3.06 bits per heavy atom. The Kier molecular flexibility index (Phi) is 6.23. The van der Waals surface area contributed by atoms with Gasteiger partial charge in [0.1, 0.15) is 12.4 Å². The molecule has 2 atom stereocenters. The van der Waals surface area contributed by atoms with Crippen LogP contribution >= 0.6 is 11.8 Å². The fourth-order valence-electron chi connectivity index (χ4n) is 1.89. The standard InChI is InChI=1S/C12H18O3S/c1-16-12(14)15-11-7-5-3-2-4-6-10(11)8-9-13/h5,7,9-11H,2-4,6,8H2,1H3/b7-5+. The summed E-state index contributed by atoms with van der Waals surface area (Å²) in [5.41, 5.74) is 0. The van der Waals surface area contributed by atoms with Crippen molar-refractivity contribution in [3.05, 3.63) is 12.2 Å². The minimum atomic E-state index is -0.272. The molecule has 0 aromatic rings. The van der Waals surface area contributed by atoms with Gasteiger partial charge in [0, 0.05) is 12.3 Å². The summed E-state index contributed by atoms with van der Waals surface area (Å²) in [7, 11) is 0. The number of aldehydes is 1. The lowest BCUT2D eigenvalue weighted by molar-refractivity contribution is -0.109. The highest BCUT2D eigenvalue weighted by atomic mass is 32.2. The van der Waals surface area contributed by atoms with Crippen molar-refractivity contribution in [3.63, 3.8) is 0 Å². The highest BCUT2D eigenvalue weighted by Crippen LogP contribution is 2.24. The van der Waals surface area contributed by atoms with Crippen LogP contribution in [0.1, 0.15) is 32.1 Å². The number of carbonyl (C=O) groups excluding carboxylic acids is 2. The van der Waals surface area contributed by atoms with Crippen LogP contribution in [0.15, 0.2) is 12.2 Å². The molecule has 0 saturated carbocycles. The molecule has 1 aliphatic carbocycles. The Bertz CT molecular complexity index is 263. The maximum atomic E-state index is 11.2. The summed E-state index contributed by atoms with van der Waals surface area (Å²) < 4.78 is 5.32. The first kappa shape index (κ1) is 13.3. The van der Waals surface area contributed by atoms with E-state index in [9.17, 15) is 9.59 Å². The van der Waals surface area contributed by atoms with E-state index in [0.29, 0.717) is 6.42 Å². The van der Waals surface area contributed by atoms with Crippen molar-refractivity contribution in [1.82, 2.24) is 0 Å². The summed E-state index contributed by atoms with van der Waals surface area (Å²) >= 11 is 1.07. The van der Waals surface area contributed by atoms with Crippen molar-refractivity contribution in [3.8, 4) is 0 Å². The Morgan fingerprint density at radius 2 is 2.38 bits per heavy atom. The predicted octanol–water partition coefficient (Wildman–Crippen LogP) is 3.19. The molecular weight excluding hydrogens is 224 g/mol. The number of hydrogen-bond acceptors (Lipinski definition) is 4. The minimum absolute atomic E-state index is 0.144. The van der Waals surface area contributed by atoms with E-state index < -0.39 is 0 Å². The van der Waals surface area contributed by atoms with Crippen LogP contribution < -0.4 is 0 Å². The van der Waals surface area contributed by atoms with Crippen LogP contribution in [0.3, 0.4) is 0 Å². The van der Waals surface area contributed by atoms with Gasteiger partial charge in [0.15, 0.2) is 0 Å². The Balaban J connectivity index is 2.65. The van der Waals surface area contributed by atoms with Gasteiger partial charge in [0.2, 0.25) is 0 Å². The molecule has 0 aromatic heterocycles. The van der Waals surface area contributed by atoms with Gasteiger partial charge in [-0.1, -0.05) is 12.5 Å². The molecule has 0 heterocycles. The maximum Gasteiger partial charge on any atom is 0.367 e. The summed E-state index contributed by atoms with van der Waals surface area (Å²) in [4.78, 5) is 21.8. The smallest absolute Gasteiger partial charge is 0.367 e. The predicted molar refractivity (Wildman–Crippen MR) is 65.6 cm³/mol. The molecule has 0 N–H and O–H groups in total. The van der Waals surface area contributed by atoms with Crippen molar-refractivity contribution in [1.29, 1.82) is 0 Å². The Labute approximate surface area is 101 Å². The third kappa shape index (κ3) is 4.39. The normalized spacial score (nSPS) is 27.6. The number of rotatable bonds is 3. The lowest BCUT2D eigenvalue weighted by atomic mass is 9.90. The van der Waals surface area contributed by atoms with Crippen molar-refractivity contribution >= 4 is 23.3 Å². The minimum Gasteiger partial charge on any atom is -0.450 e. The molecule has 1 rings (SSSR count). The van der Waals surface area contributed by atoms with E-state index in [-0.39, 0.29) is 17.3 Å². The van der Waals surface area contributed by atoms with Crippen LogP contribution in [0.5, 0.6) is 0 Å². The van der Waals surface area contributed by atoms with Gasteiger partial charge in [0.25, 0.3) is 0 Å². The molecule has 0 amide bonds. The molecule has 16 heavy (non-hydrogen) atoms. The SMILES string of the molecule is CSC(=O)OC1/C=C/CCCCC1CC=O. The fraction of sp³-hybridized carbons (Fsp3) is 0.667. The quantitative estimate of drug-likeness (QED) is 0.433. The maximum absolute atomic E-state index is 11.2. The molecule has 2 unspecified atom stereocenters. The average Bonchev–Trinajstić information content (AvgIpc) is 2.27. The monoisotopic (exact) mass is 242 g/mol. The van der Waals surface area contributed by atoms with Gasteiger partial charge in [-0.25, -0.2) is 4.79 Å². The first-order valence-electron chi connectivity index (χ1n) is 5.63. The highest BCUT2D eigenvalue weighted by molar-refractivity contribution is 8.12. The Hall–Kier alpha value is -0.770. The van der Waals surface area contributed by atoms with Crippen LogP contribution in [-0.2, 0) is 9.53 Å². The number of ether oxygens (including phenoxy) is 1. The van der Waals surface area contributed by atoms with Gasteiger partial charge >= 0.3 is 5.30 Å². The molecule has 0 aromatic carbocycles. The number of hydrogen-bond donors (Lipinski definition) is 0. The molecule has 1 aliphatic rings. The molecule has 0 radical (unpaired) electrons. The van der Waals surface area contributed by atoms with Gasteiger partial charge in [0.05, 0.1) is 0 Å². The summed E-state index contributed by atoms with van der Waals surface area (Å²) in [5.74, 6) is 0.144. The van der Waals surface area contributed by atoms with Crippen LogP contribution in [0.4, 0.5) is 4.79 Å². The largest absolute Gasteiger partial charge is 0.450 e. The second kappa shape index (κ2) is 7.49. The number of allylic oxidation sites excluding steroid dienone is 1. The van der Waals surface area contributed by atoms with Crippen molar-refractivity contribution in [2.45, 2.75) is 38.2 Å². The van der Waals surface area contributed by atoms with Gasteiger partial charge in [-0.05, 0) is 43.4 Å². The van der Waals surface area contributed by atoms with Crippen LogP contribution in [0.2, 0.25) is 0 Å². The Morgan fingerprint density at radius 1 is 1.56 bits per heavy atom. The second-order valence-electron chi connectivity index (χ2n) is 3.91. The van der Waals surface area contributed by atoms with Gasteiger partial charge < -0.3 is 9.53 Å². The first-order chi connectivity index (χ1) is 7.77. The van der Waals surface area contributed by atoms with Crippen LogP contribution in [0.25, 0.3) is 0 Å². The summed E-state index contributed by atoms with van der Waals surface area (Å²) in [5, 5.41) is -0.272. The van der Waals surface area contributed by atoms with E-state index in [1.54, 1.807) is 6.26 Å². The van der Waals surface area contributed by atoms with E-state index >= 15 is 0 Å². The molecule has 3 nitrogen and oxygen atoms in total. The molecule has 0 bridgehead atoms. The number of thioether (sulfide) groups is 1. The van der Waals surface area contributed by atoms with Gasteiger partial charge in [-0.15, -0.1) is 0 Å². The lowest BCUT2D eigenvalue weighted by Gasteiger charge is -2.24. The van der Waals surface area contributed by atoms with E-state index in [4.69, 9.17) is 4.74 Å². The van der Waals surface area contributed by atoms with Crippen molar-refractivity contribution < 1.29 is 14.3 Å². The van der Waals surface area contributed by atoms with Gasteiger partial charge in [-0.2, -0.15) is 0 Å². The van der Waals surface area contributed by atoms with Crippen molar-refractivity contribution in [2.75, 3.05) is 6.26 Å². The average molecular weight is 242 g/mol. The summed E-state index contributed by atoms with van der Waals surface area (Å²) in [6.07, 6.45) is 11.1. The van der Waals surface area contributed by atoms with E-state index in [0.717, 1.165) is 43.7 Å². The van der Waals surface area contributed by atoms with Crippen LogP contribution in [0, 0.1) is 5.92 Å². The second-order valence-corrected chi connectivity index (χ2v) is 4.65.